The third-order valence-corrected chi connectivity index (χ3v) is 5.98. The predicted molar refractivity (Wildman–Crippen MR) is 121 cm³/mol. The van der Waals surface area contributed by atoms with Crippen molar-refractivity contribution in [1.82, 2.24) is 4.98 Å². The van der Waals surface area contributed by atoms with Gasteiger partial charge in [-0.1, -0.05) is 29.3 Å². The summed E-state index contributed by atoms with van der Waals surface area (Å²) >= 11 is 6.21. The number of amides is 1. The average molecular weight is 419 g/mol. The number of nitrogens with one attached hydrogen (secondary N) is 1. The largest absolute Gasteiger partial charge is 0.370 e. The van der Waals surface area contributed by atoms with E-state index in [2.05, 4.69) is 27.3 Å². The summed E-state index contributed by atoms with van der Waals surface area (Å²) in [4.78, 5) is 19.4. The number of benzene rings is 2. The van der Waals surface area contributed by atoms with Crippen LogP contribution in [-0.2, 0) is 4.79 Å². The molecule has 0 aliphatic carbocycles. The summed E-state index contributed by atoms with van der Waals surface area (Å²) in [5.74, 6) is 0.00826. The Labute approximate surface area is 181 Å². The van der Waals surface area contributed by atoms with E-state index in [9.17, 15) is 10.1 Å². The third-order valence-electron chi connectivity index (χ3n) is 5.74. The minimum atomic E-state index is -0.0517. The highest BCUT2D eigenvalue weighted by Gasteiger charge is 2.27. The fourth-order valence-electron chi connectivity index (χ4n) is 4.13. The van der Waals surface area contributed by atoms with E-state index in [4.69, 9.17) is 11.6 Å². The lowest BCUT2D eigenvalue weighted by molar-refractivity contribution is -0.120. The van der Waals surface area contributed by atoms with E-state index < -0.39 is 0 Å². The minimum absolute atomic E-state index is 0.0517. The number of aryl methyl sites for hydroxylation is 2. The summed E-state index contributed by atoms with van der Waals surface area (Å²) in [6, 6.07) is 13.8. The van der Waals surface area contributed by atoms with Crippen LogP contribution in [0.25, 0.3) is 10.9 Å². The van der Waals surface area contributed by atoms with Crippen LogP contribution >= 0.6 is 11.6 Å². The van der Waals surface area contributed by atoms with Crippen LogP contribution in [-0.4, -0.2) is 24.0 Å². The maximum atomic E-state index is 12.8. The molecule has 0 unspecified atom stereocenters. The molecule has 1 saturated heterocycles. The first-order chi connectivity index (χ1) is 14.5. The number of carbonyl (C=O) groups excluding carboxylic acids is 1. The van der Waals surface area contributed by atoms with E-state index in [1.165, 1.54) is 5.56 Å². The van der Waals surface area contributed by atoms with Gasteiger partial charge in [0.05, 0.1) is 16.8 Å². The Kier molecular flexibility index (Phi) is 5.61. The lowest BCUT2D eigenvalue weighted by Crippen LogP contribution is -2.38. The first kappa shape index (κ1) is 20.2. The Bertz CT molecular complexity index is 1160. The number of fused-ring (bicyclic) bond motifs is 1. The number of anilines is 2. The van der Waals surface area contributed by atoms with Crippen molar-refractivity contribution in [2.24, 2.45) is 5.92 Å². The first-order valence-electron chi connectivity index (χ1n) is 10.1. The molecule has 0 radical (unpaired) electrons. The van der Waals surface area contributed by atoms with Crippen molar-refractivity contribution in [2.75, 3.05) is 23.3 Å². The second kappa shape index (κ2) is 8.33. The maximum Gasteiger partial charge on any atom is 0.227 e. The van der Waals surface area contributed by atoms with Crippen LogP contribution in [0, 0.1) is 31.1 Å². The Morgan fingerprint density at radius 3 is 2.67 bits per heavy atom. The van der Waals surface area contributed by atoms with E-state index in [0.717, 1.165) is 40.7 Å². The molecule has 5 nitrogen and oxygen atoms in total. The van der Waals surface area contributed by atoms with Crippen LogP contribution in [0.1, 0.15) is 29.5 Å². The average Bonchev–Trinajstić information content (AvgIpc) is 2.75. The van der Waals surface area contributed by atoms with Crippen LogP contribution in [0.3, 0.4) is 0 Å². The molecule has 0 atom stereocenters. The number of aromatic nitrogens is 1. The van der Waals surface area contributed by atoms with E-state index in [1.807, 2.05) is 38.1 Å². The van der Waals surface area contributed by atoms with Crippen molar-refractivity contribution in [3.8, 4) is 6.07 Å². The lowest BCUT2D eigenvalue weighted by atomic mass is 9.94. The molecule has 1 fully saturated rings. The Hall–Kier alpha value is -3.10. The molecule has 1 aliphatic heterocycles. The van der Waals surface area contributed by atoms with Crippen LogP contribution in [0.4, 0.5) is 11.4 Å². The smallest absolute Gasteiger partial charge is 0.227 e. The zero-order valence-corrected chi connectivity index (χ0v) is 17.8. The van der Waals surface area contributed by atoms with E-state index in [0.29, 0.717) is 23.7 Å². The van der Waals surface area contributed by atoms with Gasteiger partial charge >= 0.3 is 0 Å². The molecule has 1 aromatic heterocycles. The minimum Gasteiger partial charge on any atom is -0.370 e. The molecule has 1 aliphatic rings. The highest BCUT2D eigenvalue weighted by Crippen LogP contribution is 2.34. The SMILES string of the molecule is Cc1ccc(NC(=O)C2CCN(c3c(C#N)cnc4ccc(Cl)cc34)CC2)c(C)c1. The molecule has 3 aromatic rings. The topological polar surface area (TPSA) is 69.0 Å². The van der Waals surface area contributed by atoms with Gasteiger partial charge in [-0.15, -0.1) is 0 Å². The number of rotatable bonds is 3. The van der Waals surface area contributed by atoms with Crippen LogP contribution in [0.2, 0.25) is 5.02 Å². The lowest BCUT2D eigenvalue weighted by Gasteiger charge is -2.34. The quantitative estimate of drug-likeness (QED) is 0.632. The van der Waals surface area contributed by atoms with Gasteiger partial charge < -0.3 is 10.2 Å². The number of nitrogens with zero attached hydrogens (tertiary/aromatic N) is 3. The zero-order chi connectivity index (χ0) is 21.3. The third kappa shape index (κ3) is 3.96. The number of nitriles is 1. The molecular weight excluding hydrogens is 396 g/mol. The summed E-state index contributed by atoms with van der Waals surface area (Å²) in [6.07, 6.45) is 3.07. The molecule has 6 heteroatoms. The second-order valence-electron chi connectivity index (χ2n) is 7.86. The molecule has 2 heterocycles. The van der Waals surface area contributed by atoms with Crippen molar-refractivity contribution >= 4 is 39.8 Å². The molecule has 1 amide bonds. The summed E-state index contributed by atoms with van der Waals surface area (Å²) in [5, 5.41) is 14.2. The van der Waals surface area contributed by atoms with Gasteiger partial charge in [-0.2, -0.15) is 5.26 Å². The Morgan fingerprint density at radius 1 is 1.20 bits per heavy atom. The molecular formula is C24H23ClN4O. The number of halogens is 1. The highest BCUT2D eigenvalue weighted by molar-refractivity contribution is 6.31. The van der Waals surface area contributed by atoms with Gasteiger partial charge in [-0.25, -0.2) is 0 Å². The summed E-state index contributed by atoms with van der Waals surface area (Å²) < 4.78 is 0. The summed E-state index contributed by atoms with van der Waals surface area (Å²) in [5.41, 5.74) is 5.32. The van der Waals surface area contributed by atoms with Gasteiger partial charge in [-0.3, -0.25) is 9.78 Å². The van der Waals surface area contributed by atoms with Crippen LogP contribution in [0.5, 0.6) is 0 Å². The van der Waals surface area contributed by atoms with Gasteiger partial charge in [0, 0.05) is 41.3 Å². The first-order valence-corrected chi connectivity index (χ1v) is 10.5. The second-order valence-corrected chi connectivity index (χ2v) is 8.30. The number of carbonyl (C=O) groups is 1. The number of piperidine rings is 1. The fourth-order valence-corrected chi connectivity index (χ4v) is 4.30. The molecule has 1 N–H and O–H groups in total. The van der Waals surface area contributed by atoms with Crippen molar-refractivity contribution < 1.29 is 4.79 Å². The number of hydrogen-bond donors (Lipinski definition) is 1. The van der Waals surface area contributed by atoms with E-state index >= 15 is 0 Å². The number of pyridine rings is 1. The summed E-state index contributed by atoms with van der Waals surface area (Å²) in [7, 11) is 0. The van der Waals surface area contributed by atoms with Crippen LogP contribution < -0.4 is 10.2 Å². The normalized spacial score (nSPS) is 14.5. The van der Waals surface area contributed by atoms with Gasteiger partial charge in [0.15, 0.2) is 0 Å². The van der Waals surface area contributed by atoms with Crippen molar-refractivity contribution in [1.29, 1.82) is 5.26 Å². The van der Waals surface area contributed by atoms with Gasteiger partial charge in [-0.05, 0) is 56.5 Å². The molecule has 0 saturated carbocycles. The highest BCUT2D eigenvalue weighted by atomic mass is 35.5. The van der Waals surface area contributed by atoms with Crippen molar-refractivity contribution in [3.05, 3.63) is 64.3 Å². The van der Waals surface area contributed by atoms with Crippen LogP contribution in [0.15, 0.2) is 42.6 Å². The van der Waals surface area contributed by atoms with E-state index in [-0.39, 0.29) is 11.8 Å². The molecule has 2 aromatic carbocycles. The molecule has 30 heavy (non-hydrogen) atoms. The van der Waals surface area contributed by atoms with Crippen molar-refractivity contribution in [3.63, 3.8) is 0 Å². The summed E-state index contributed by atoms with van der Waals surface area (Å²) in [6.45, 7) is 5.45. The molecule has 152 valence electrons. The monoisotopic (exact) mass is 418 g/mol. The standard InChI is InChI=1S/C24H23ClN4O/c1-15-3-5-21(16(2)11-15)28-24(30)17-7-9-29(10-8-17)23-18(13-26)14-27-22-6-4-19(25)12-20(22)23/h3-6,11-12,14,17H,7-10H2,1-2H3,(H,28,30). The number of hydrogen-bond acceptors (Lipinski definition) is 4. The van der Waals surface area contributed by atoms with Gasteiger partial charge in [0.2, 0.25) is 5.91 Å². The molecule has 0 bridgehead atoms. The molecule has 4 rings (SSSR count). The molecule has 0 spiro atoms. The van der Waals surface area contributed by atoms with Gasteiger partial charge in [0.1, 0.15) is 6.07 Å². The Balaban J connectivity index is 1.52. The predicted octanol–water partition coefficient (Wildman–Crippen LogP) is 5.23. The van der Waals surface area contributed by atoms with E-state index in [1.54, 1.807) is 12.3 Å². The Morgan fingerprint density at radius 2 is 1.97 bits per heavy atom. The maximum absolute atomic E-state index is 12.8. The fraction of sp³-hybridized carbons (Fsp3) is 0.292. The zero-order valence-electron chi connectivity index (χ0n) is 17.1. The van der Waals surface area contributed by atoms with Crippen molar-refractivity contribution in [2.45, 2.75) is 26.7 Å². The van der Waals surface area contributed by atoms with Gasteiger partial charge in [0.25, 0.3) is 0 Å².